The Labute approximate surface area is 341 Å². The van der Waals surface area contributed by atoms with Gasteiger partial charge in [0, 0.05) is 78.4 Å². The van der Waals surface area contributed by atoms with Crippen molar-refractivity contribution in [1.82, 2.24) is 29.3 Å². The molecular weight excluding hydrogens is 778 g/mol. The maximum absolute atomic E-state index is 15.1. The first-order valence-electron chi connectivity index (χ1n) is 18.6. The van der Waals surface area contributed by atoms with E-state index in [2.05, 4.69) is 15.3 Å². The van der Waals surface area contributed by atoms with Crippen LogP contribution >= 0.6 is 12.4 Å². The number of rotatable bonds is 9. The van der Waals surface area contributed by atoms with Gasteiger partial charge in [-0.05, 0) is 61.4 Å². The van der Waals surface area contributed by atoms with Crippen LogP contribution in [0, 0.1) is 25.5 Å². The highest BCUT2D eigenvalue weighted by Gasteiger charge is 2.51. The van der Waals surface area contributed by atoms with E-state index in [1.165, 1.54) is 36.4 Å². The largest absolute Gasteiger partial charge is 0.440 e. The summed E-state index contributed by atoms with van der Waals surface area (Å²) in [5.74, 6) is -0.340. The lowest BCUT2D eigenvalue weighted by molar-refractivity contribution is -0.124. The van der Waals surface area contributed by atoms with E-state index in [0.717, 1.165) is 6.41 Å². The first-order chi connectivity index (χ1) is 28.2. The van der Waals surface area contributed by atoms with Gasteiger partial charge >= 0.3 is 0 Å². The Bertz CT molecular complexity index is 2810. The summed E-state index contributed by atoms with van der Waals surface area (Å²) >= 11 is 0. The van der Waals surface area contributed by atoms with Gasteiger partial charge < -0.3 is 29.7 Å². The van der Waals surface area contributed by atoms with E-state index in [1.54, 1.807) is 43.3 Å². The second-order valence-corrected chi connectivity index (χ2v) is 14.3. The smallest absolute Gasteiger partial charge is 0.248 e. The number of aromatic nitrogens is 4. The van der Waals surface area contributed by atoms with E-state index in [1.807, 2.05) is 69.8 Å². The zero-order valence-electron chi connectivity index (χ0n) is 31.8. The van der Waals surface area contributed by atoms with Crippen LogP contribution in [0.3, 0.4) is 0 Å². The zero-order chi connectivity index (χ0) is 40.1. The number of benzene rings is 4. The molecule has 4 aromatic heterocycles. The summed E-state index contributed by atoms with van der Waals surface area (Å²) in [6.07, 6.45) is 3.87. The van der Waals surface area contributed by atoms with Crippen molar-refractivity contribution >= 4 is 40.6 Å². The molecule has 0 unspecified atom stereocenters. The molecule has 1 amide bonds. The van der Waals surface area contributed by atoms with E-state index >= 15 is 8.78 Å². The minimum absolute atomic E-state index is 0. The fraction of sp³-hybridized carbons (Fsp3) is 0.133. The standard InChI is InChI=1S/C45H36F2N6O5.ClH/c1-27-13-15-29(46)19-37(27)57-43-41(33-21-39(55)49-23-35(33)52(43)31-9-5-3-6-10-31)45(25-48-17-18-51(45)26-54)42-34-22-40(56)50-24-36(34)53(32-11-7-4-8-12-32)44(42)58-38-20-30(47)16-14-28(38)2;/h3-16,19-24,26,48H,17-18,25H2,1-2H3,(H,49,55)(H,50,56);1H. The Kier molecular flexibility index (Phi) is 10.2. The molecule has 11 nitrogen and oxygen atoms in total. The third-order valence-corrected chi connectivity index (χ3v) is 10.8. The molecule has 8 aromatic rings. The van der Waals surface area contributed by atoms with E-state index in [-0.39, 0.29) is 48.8 Å². The molecule has 1 fully saturated rings. The Hall–Kier alpha value is -6.96. The molecular formula is C45H37ClF2N6O5. The van der Waals surface area contributed by atoms with Crippen LogP contribution in [-0.4, -0.2) is 50.0 Å². The number of nitrogens with zero attached hydrogens (tertiary/aromatic N) is 3. The fourth-order valence-corrected chi connectivity index (χ4v) is 8.10. The van der Waals surface area contributed by atoms with Gasteiger partial charge in [-0.15, -0.1) is 12.4 Å². The Morgan fingerprint density at radius 3 is 1.56 bits per heavy atom. The van der Waals surface area contributed by atoms with Crippen molar-refractivity contribution in [3.63, 3.8) is 0 Å². The van der Waals surface area contributed by atoms with Gasteiger partial charge in [-0.3, -0.25) is 23.5 Å². The number of fused-ring (bicyclic) bond motifs is 2. The van der Waals surface area contributed by atoms with Crippen molar-refractivity contribution < 1.29 is 23.0 Å². The molecule has 0 atom stereocenters. The molecule has 0 spiro atoms. The average Bonchev–Trinajstić information content (AvgIpc) is 3.72. The van der Waals surface area contributed by atoms with E-state index in [0.29, 0.717) is 62.0 Å². The number of piperazine rings is 1. The lowest BCUT2D eigenvalue weighted by Crippen LogP contribution is -2.59. The van der Waals surface area contributed by atoms with Gasteiger partial charge in [0.2, 0.25) is 29.3 Å². The Morgan fingerprint density at radius 1 is 0.661 bits per heavy atom. The number of ether oxygens (including phenoxy) is 2. The van der Waals surface area contributed by atoms with E-state index in [4.69, 9.17) is 9.47 Å². The molecule has 3 N–H and O–H groups in total. The second-order valence-electron chi connectivity index (χ2n) is 14.3. The number of para-hydroxylation sites is 2. The molecule has 14 heteroatoms. The number of aromatic amines is 2. The third kappa shape index (κ3) is 6.54. The highest BCUT2D eigenvalue weighted by atomic mass is 35.5. The summed E-state index contributed by atoms with van der Waals surface area (Å²) in [6.45, 7) is 4.17. The number of amides is 1. The van der Waals surface area contributed by atoms with Gasteiger partial charge in [0.25, 0.3) is 0 Å². The van der Waals surface area contributed by atoms with Crippen LogP contribution in [0.15, 0.2) is 131 Å². The summed E-state index contributed by atoms with van der Waals surface area (Å²) < 4.78 is 47.6. The van der Waals surface area contributed by atoms with Gasteiger partial charge in [-0.25, -0.2) is 8.78 Å². The van der Waals surface area contributed by atoms with Gasteiger partial charge in [-0.2, -0.15) is 0 Å². The first-order valence-corrected chi connectivity index (χ1v) is 18.6. The quantitative estimate of drug-likeness (QED) is 0.126. The van der Waals surface area contributed by atoms with Gasteiger partial charge in [0.1, 0.15) is 28.7 Å². The lowest BCUT2D eigenvalue weighted by Gasteiger charge is -2.46. The number of carbonyl (C=O) groups is 1. The van der Waals surface area contributed by atoms with Gasteiger partial charge in [0.15, 0.2) is 0 Å². The highest BCUT2D eigenvalue weighted by Crippen LogP contribution is 2.54. The molecule has 298 valence electrons. The number of hydrogen-bond acceptors (Lipinski definition) is 6. The predicted octanol–water partition coefficient (Wildman–Crippen LogP) is 8.16. The first kappa shape index (κ1) is 38.9. The number of aryl methyl sites for hydroxylation is 2. The highest BCUT2D eigenvalue weighted by molar-refractivity contribution is 5.95. The van der Waals surface area contributed by atoms with Crippen molar-refractivity contribution in [2.45, 2.75) is 19.4 Å². The number of hydrogen-bond donors (Lipinski definition) is 3. The lowest BCUT2D eigenvalue weighted by atomic mass is 9.79. The van der Waals surface area contributed by atoms with Crippen molar-refractivity contribution in [3.05, 3.63) is 176 Å². The molecule has 9 rings (SSSR count). The minimum atomic E-state index is -1.63. The molecule has 1 aliphatic rings. The summed E-state index contributed by atoms with van der Waals surface area (Å²) in [5, 5.41) is 4.31. The second kappa shape index (κ2) is 15.4. The molecule has 0 bridgehead atoms. The number of pyridine rings is 2. The normalized spacial score (nSPS) is 13.7. The average molecular weight is 815 g/mol. The summed E-state index contributed by atoms with van der Waals surface area (Å²) in [4.78, 5) is 48.0. The maximum Gasteiger partial charge on any atom is 0.248 e. The van der Waals surface area contributed by atoms with Crippen molar-refractivity contribution in [1.29, 1.82) is 0 Å². The van der Waals surface area contributed by atoms with Crippen LogP contribution < -0.4 is 25.9 Å². The summed E-state index contributed by atoms with van der Waals surface area (Å²) in [7, 11) is 0. The molecule has 59 heavy (non-hydrogen) atoms. The van der Waals surface area contributed by atoms with Crippen LogP contribution in [0.4, 0.5) is 8.78 Å². The fourth-order valence-electron chi connectivity index (χ4n) is 8.10. The van der Waals surface area contributed by atoms with Gasteiger partial charge in [0.05, 0.1) is 22.2 Å². The summed E-state index contributed by atoms with van der Waals surface area (Å²) in [6, 6.07) is 29.9. The molecule has 5 heterocycles. The van der Waals surface area contributed by atoms with Crippen molar-refractivity contribution in [2.24, 2.45) is 0 Å². The van der Waals surface area contributed by atoms with E-state index < -0.39 is 28.3 Å². The monoisotopic (exact) mass is 814 g/mol. The molecule has 0 saturated carbocycles. The van der Waals surface area contributed by atoms with Crippen LogP contribution in [0.1, 0.15) is 22.3 Å². The van der Waals surface area contributed by atoms with Gasteiger partial charge in [-0.1, -0.05) is 48.5 Å². The molecule has 4 aromatic carbocycles. The third-order valence-electron chi connectivity index (χ3n) is 10.8. The van der Waals surface area contributed by atoms with Crippen LogP contribution in [0.2, 0.25) is 0 Å². The topological polar surface area (TPSA) is 126 Å². The van der Waals surface area contributed by atoms with Crippen molar-refractivity contribution in [2.75, 3.05) is 19.6 Å². The molecule has 0 radical (unpaired) electrons. The minimum Gasteiger partial charge on any atom is -0.440 e. The molecule has 1 aliphatic heterocycles. The van der Waals surface area contributed by atoms with Crippen LogP contribution in [0.5, 0.6) is 23.3 Å². The summed E-state index contributed by atoms with van der Waals surface area (Å²) in [5.41, 5.74) is 1.75. The zero-order valence-corrected chi connectivity index (χ0v) is 32.6. The Balaban J connectivity index is 0.00000484. The SMILES string of the molecule is Cc1ccc(F)cc1Oc1c(C2(c3c(Oc4cc(F)ccc4C)n(-c4ccccc4)c4c[nH]c(=O)cc34)CNCCN2C=O)c2cc(=O)[nH]cc2n1-c1ccccc1.Cl. The predicted molar refractivity (Wildman–Crippen MR) is 224 cm³/mol. The number of H-pyrrole nitrogens is 2. The van der Waals surface area contributed by atoms with Crippen LogP contribution in [0.25, 0.3) is 33.2 Å². The molecule has 0 aliphatic carbocycles. The number of halogens is 3. The van der Waals surface area contributed by atoms with Crippen LogP contribution in [-0.2, 0) is 10.3 Å². The molecule has 1 saturated heterocycles. The maximum atomic E-state index is 15.1. The Morgan fingerprint density at radius 2 is 1.12 bits per heavy atom. The van der Waals surface area contributed by atoms with Crippen molar-refractivity contribution in [3.8, 4) is 34.6 Å². The number of carbonyl (C=O) groups excluding carboxylic acids is 1. The number of nitrogens with one attached hydrogen (secondary N) is 3. The van der Waals surface area contributed by atoms with E-state index in [9.17, 15) is 14.4 Å².